The van der Waals surface area contributed by atoms with Crippen LogP contribution in [0.25, 0.3) is 11.6 Å². The van der Waals surface area contributed by atoms with Gasteiger partial charge in [0.1, 0.15) is 0 Å². The van der Waals surface area contributed by atoms with Crippen LogP contribution in [0.5, 0.6) is 0 Å². The zero-order valence-corrected chi connectivity index (χ0v) is 17.9. The number of halogens is 1. The van der Waals surface area contributed by atoms with E-state index >= 15 is 0 Å². The second-order valence-electron chi connectivity index (χ2n) is 7.82. The first kappa shape index (κ1) is 20.4. The third kappa shape index (κ3) is 4.65. The molecule has 0 saturated heterocycles. The Bertz CT molecular complexity index is 1060. The second-order valence-corrected chi connectivity index (χ2v) is 8.25. The predicted octanol–water partition coefficient (Wildman–Crippen LogP) is 6.21. The summed E-state index contributed by atoms with van der Waals surface area (Å²) in [6, 6.07) is 17.7. The number of amides is 1. The van der Waals surface area contributed by atoms with E-state index in [2.05, 4.69) is 21.6 Å². The molecule has 0 bridgehead atoms. The number of allylic oxidation sites excluding steroid dienone is 1. The number of carbonyl (C=O) groups excluding carboxylic acids is 1. The summed E-state index contributed by atoms with van der Waals surface area (Å²) in [6.07, 6.45) is 7.31. The fourth-order valence-corrected chi connectivity index (χ4v) is 4.22. The number of rotatable bonds is 4. The van der Waals surface area contributed by atoms with Crippen LogP contribution >= 0.6 is 11.6 Å². The molecule has 0 radical (unpaired) electrons. The van der Waals surface area contributed by atoms with Gasteiger partial charge in [-0.05, 0) is 61.4 Å². The number of hydrogen-bond acceptors (Lipinski definition) is 2. The van der Waals surface area contributed by atoms with Crippen LogP contribution in [-0.4, -0.2) is 16.1 Å². The van der Waals surface area contributed by atoms with Crippen LogP contribution in [0.1, 0.15) is 71.5 Å². The first-order valence-corrected chi connectivity index (χ1v) is 10.9. The standard InChI is InChI=1S/C25H26ClN3O/c1-17(19-10-4-2-5-11-19)27-25(30)24-23-20(15-18-9-8-13-21(26)16-18)12-6-3-7-14-22(23)28-29-24/h2,4-5,8-11,13,15-17H,3,6-7,12,14H2,1H3,(H,27,30)(H,28,29)/t17-/m1/s1. The Labute approximate surface area is 182 Å². The second kappa shape index (κ2) is 9.31. The molecule has 1 aromatic heterocycles. The number of H-pyrrole nitrogens is 1. The molecule has 1 atom stereocenters. The molecule has 1 aliphatic carbocycles. The van der Waals surface area contributed by atoms with E-state index in [0.717, 1.165) is 60.1 Å². The van der Waals surface area contributed by atoms with Crippen molar-refractivity contribution in [2.75, 3.05) is 0 Å². The fourth-order valence-electron chi connectivity index (χ4n) is 4.02. The van der Waals surface area contributed by atoms with Gasteiger partial charge in [0.15, 0.2) is 5.69 Å². The molecule has 30 heavy (non-hydrogen) atoms. The minimum atomic E-state index is -0.151. The normalized spacial score (nSPS) is 16.4. The minimum absolute atomic E-state index is 0.0973. The van der Waals surface area contributed by atoms with Gasteiger partial charge in [-0.2, -0.15) is 5.10 Å². The Balaban J connectivity index is 1.68. The molecule has 0 spiro atoms. The highest BCUT2D eigenvalue weighted by atomic mass is 35.5. The van der Waals surface area contributed by atoms with E-state index < -0.39 is 0 Å². The molecule has 0 fully saturated rings. The van der Waals surface area contributed by atoms with Crippen LogP contribution in [0.15, 0.2) is 54.6 Å². The van der Waals surface area contributed by atoms with E-state index in [0.29, 0.717) is 10.7 Å². The molecular weight excluding hydrogens is 394 g/mol. The molecule has 2 aromatic carbocycles. The first-order valence-electron chi connectivity index (χ1n) is 10.5. The molecule has 3 aromatic rings. The van der Waals surface area contributed by atoms with Crippen molar-refractivity contribution in [1.82, 2.24) is 15.5 Å². The van der Waals surface area contributed by atoms with Gasteiger partial charge in [-0.15, -0.1) is 0 Å². The Kier molecular flexibility index (Phi) is 6.34. The molecular formula is C25H26ClN3O. The summed E-state index contributed by atoms with van der Waals surface area (Å²) in [7, 11) is 0. The highest BCUT2D eigenvalue weighted by Crippen LogP contribution is 2.32. The highest BCUT2D eigenvalue weighted by molar-refractivity contribution is 6.30. The lowest BCUT2D eigenvalue weighted by molar-refractivity contribution is 0.0934. The number of aryl methyl sites for hydroxylation is 1. The van der Waals surface area contributed by atoms with Gasteiger partial charge in [-0.25, -0.2) is 0 Å². The Morgan fingerprint density at radius 3 is 2.70 bits per heavy atom. The SMILES string of the molecule is C[C@@H](NC(=O)c1n[nH]c2c1C(=Cc1cccc(Cl)c1)CCCCC2)c1ccccc1. The van der Waals surface area contributed by atoms with Crippen LogP contribution in [-0.2, 0) is 6.42 Å². The topological polar surface area (TPSA) is 57.8 Å². The highest BCUT2D eigenvalue weighted by Gasteiger charge is 2.24. The number of carbonyl (C=O) groups is 1. The third-order valence-electron chi connectivity index (χ3n) is 5.59. The summed E-state index contributed by atoms with van der Waals surface area (Å²) in [6.45, 7) is 1.99. The fraction of sp³-hybridized carbons (Fsp3) is 0.280. The van der Waals surface area contributed by atoms with Crippen molar-refractivity contribution in [2.45, 2.75) is 45.1 Å². The van der Waals surface area contributed by atoms with E-state index in [1.807, 2.05) is 61.5 Å². The molecule has 1 aliphatic rings. The van der Waals surface area contributed by atoms with Crippen molar-refractivity contribution in [3.63, 3.8) is 0 Å². The Morgan fingerprint density at radius 1 is 1.10 bits per heavy atom. The third-order valence-corrected chi connectivity index (χ3v) is 5.82. The largest absolute Gasteiger partial charge is 0.344 e. The summed E-state index contributed by atoms with van der Waals surface area (Å²) in [5.41, 5.74) is 5.71. The molecule has 1 amide bonds. The van der Waals surface area contributed by atoms with Crippen molar-refractivity contribution < 1.29 is 4.79 Å². The summed E-state index contributed by atoms with van der Waals surface area (Å²) >= 11 is 6.19. The monoisotopic (exact) mass is 419 g/mol. The lowest BCUT2D eigenvalue weighted by Gasteiger charge is -2.17. The molecule has 2 N–H and O–H groups in total. The first-order chi connectivity index (χ1) is 14.6. The van der Waals surface area contributed by atoms with Gasteiger partial charge in [0.05, 0.1) is 6.04 Å². The van der Waals surface area contributed by atoms with E-state index in [9.17, 15) is 4.79 Å². The van der Waals surface area contributed by atoms with E-state index in [1.165, 1.54) is 0 Å². The van der Waals surface area contributed by atoms with E-state index in [1.54, 1.807) is 0 Å². The van der Waals surface area contributed by atoms with Gasteiger partial charge in [-0.1, -0.05) is 66.6 Å². The molecule has 5 heteroatoms. The van der Waals surface area contributed by atoms with Gasteiger partial charge in [0, 0.05) is 16.3 Å². The van der Waals surface area contributed by atoms with E-state index in [4.69, 9.17) is 11.6 Å². The van der Waals surface area contributed by atoms with Crippen LogP contribution in [0, 0.1) is 0 Å². The zero-order valence-electron chi connectivity index (χ0n) is 17.1. The number of nitrogens with zero attached hydrogens (tertiary/aromatic N) is 1. The quantitative estimate of drug-likeness (QED) is 0.528. The zero-order chi connectivity index (χ0) is 20.9. The number of nitrogens with one attached hydrogen (secondary N) is 2. The lowest BCUT2D eigenvalue weighted by atomic mass is 9.90. The van der Waals surface area contributed by atoms with Gasteiger partial charge in [0.25, 0.3) is 5.91 Å². The maximum absolute atomic E-state index is 13.2. The van der Waals surface area contributed by atoms with Crippen molar-refractivity contribution >= 4 is 29.2 Å². The van der Waals surface area contributed by atoms with E-state index in [-0.39, 0.29) is 11.9 Å². The average Bonchev–Trinajstić information content (AvgIpc) is 3.15. The van der Waals surface area contributed by atoms with Gasteiger partial charge >= 0.3 is 0 Å². The minimum Gasteiger partial charge on any atom is -0.344 e. The Morgan fingerprint density at radius 2 is 1.90 bits per heavy atom. The summed E-state index contributed by atoms with van der Waals surface area (Å²) in [5.74, 6) is -0.151. The summed E-state index contributed by atoms with van der Waals surface area (Å²) in [4.78, 5) is 13.2. The van der Waals surface area contributed by atoms with Crippen molar-refractivity contribution in [3.8, 4) is 0 Å². The predicted molar refractivity (Wildman–Crippen MR) is 122 cm³/mol. The van der Waals surface area contributed by atoms with Crippen molar-refractivity contribution in [3.05, 3.63) is 87.7 Å². The number of aromatic nitrogens is 2. The number of fused-ring (bicyclic) bond motifs is 1. The van der Waals surface area contributed by atoms with Crippen LogP contribution in [0.4, 0.5) is 0 Å². The molecule has 4 nitrogen and oxygen atoms in total. The number of aromatic amines is 1. The summed E-state index contributed by atoms with van der Waals surface area (Å²) in [5, 5.41) is 11.4. The number of hydrogen-bond donors (Lipinski definition) is 2. The smallest absolute Gasteiger partial charge is 0.272 e. The summed E-state index contributed by atoms with van der Waals surface area (Å²) < 4.78 is 0. The Hall–Kier alpha value is -2.85. The van der Waals surface area contributed by atoms with Gasteiger partial charge < -0.3 is 5.32 Å². The average molecular weight is 420 g/mol. The van der Waals surface area contributed by atoms with Crippen molar-refractivity contribution in [1.29, 1.82) is 0 Å². The molecule has 0 saturated carbocycles. The lowest BCUT2D eigenvalue weighted by Crippen LogP contribution is -2.27. The van der Waals surface area contributed by atoms with Gasteiger partial charge in [-0.3, -0.25) is 9.89 Å². The van der Waals surface area contributed by atoms with Crippen molar-refractivity contribution in [2.24, 2.45) is 0 Å². The maximum atomic E-state index is 13.2. The van der Waals surface area contributed by atoms with Crippen LogP contribution in [0.2, 0.25) is 5.02 Å². The molecule has 0 unspecified atom stereocenters. The molecule has 4 rings (SSSR count). The van der Waals surface area contributed by atoms with Gasteiger partial charge in [0.2, 0.25) is 0 Å². The maximum Gasteiger partial charge on any atom is 0.272 e. The molecule has 0 aliphatic heterocycles. The van der Waals surface area contributed by atoms with Crippen LogP contribution < -0.4 is 5.32 Å². The van der Waals surface area contributed by atoms with Crippen LogP contribution in [0.3, 0.4) is 0 Å². The molecule has 1 heterocycles. The number of benzene rings is 2. The molecule has 154 valence electrons.